The summed E-state index contributed by atoms with van der Waals surface area (Å²) in [6, 6.07) is 8.47. The summed E-state index contributed by atoms with van der Waals surface area (Å²) in [5.74, 6) is 0.212. The third-order valence-corrected chi connectivity index (χ3v) is 5.24. The second-order valence-corrected chi connectivity index (χ2v) is 6.93. The van der Waals surface area contributed by atoms with Gasteiger partial charge in [0.1, 0.15) is 0 Å². The molecule has 0 bridgehead atoms. The van der Waals surface area contributed by atoms with Gasteiger partial charge in [-0.15, -0.1) is 11.3 Å². The van der Waals surface area contributed by atoms with Crippen molar-refractivity contribution in [1.82, 2.24) is 9.97 Å². The van der Waals surface area contributed by atoms with Crippen LogP contribution in [0.2, 0.25) is 0 Å². The van der Waals surface area contributed by atoms with Gasteiger partial charge in [0.2, 0.25) is 5.91 Å². The first kappa shape index (κ1) is 14.3. The lowest BCUT2D eigenvalue weighted by molar-refractivity contribution is -0.117. The number of rotatable bonds is 2. The number of aromatic nitrogens is 2. The summed E-state index contributed by atoms with van der Waals surface area (Å²) in [6.07, 6.45) is 3.41. The maximum absolute atomic E-state index is 12.1. The summed E-state index contributed by atoms with van der Waals surface area (Å²) in [4.78, 5) is 24.0. The van der Waals surface area contributed by atoms with Crippen molar-refractivity contribution in [3.05, 3.63) is 41.5 Å². The lowest BCUT2D eigenvalue weighted by Gasteiger charge is -2.22. The Labute approximate surface area is 138 Å². The number of hydrogen-bond acceptors (Lipinski definition) is 4. The van der Waals surface area contributed by atoms with Crippen molar-refractivity contribution in [2.24, 2.45) is 0 Å². The highest BCUT2D eigenvalue weighted by Gasteiger charge is 2.28. The van der Waals surface area contributed by atoms with E-state index in [9.17, 15) is 4.79 Å². The molecule has 0 N–H and O–H groups in total. The molecular weight excluding hydrogens is 306 g/mol. The SMILES string of the molecule is Cc1cc(-c2cncs2)nc2ccc(N3C(=O)CCC3C)cc12. The summed E-state index contributed by atoms with van der Waals surface area (Å²) in [5, 5.41) is 1.10. The number of aryl methyl sites for hydroxylation is 1. The van der Waals surface area contributed by atoms with Crippen molar-refractivity contribution < 1.29 is 4.79 Å². The fourth-order valence-electron chi connectivity index (χ4n) is 3.23. The number of carbonyl (C=O) groups is 1. The molecule has 1 saturated heterocycles. The molecule has 3 aromatic rings. The number of carbonyl (C=O) groups excluding carboxylic acids is 1. The van der Waals surface area contributed by atoms with Gasteiger partial charge in [0.25, 0.3) is 0 Å². The van der Waals surface area contributed by atoms with Crippen LogP contribution in [0.1, 0.15) is 25.3 Å². The maximum atomic E-state index is 12.1. The molecule has 1 aromatic carbocycles. The van der Waals surface area contributed by atoms with Crippen LogP contribution < -0.4 is 4.90 Å². The van der Waals surface area contributed by atoms with E-state index >= 15 is 0 Å². The molecule has 0 saturated carbocycles. The van der Waals surface area contributed by atoms with Crippen LogP contribution in [0.4, 0.5) is 5.69 Å². The van der Waals surface area contributed by atoms with E-state index in [1.165, 1.54) is 5.56 Å². The van der Waals surface area contributed by atoms with E-state index in [1.807, 2.05) is 28.7 Å². The third kappa shape index (κ3) is 2.41. The summed E-state index contributed by atoms with van der Waals surface area (Å²) < 4.78 is 0. The normalized spacial score (nSPS) is 18.1. The van der Waals surface area contributed by atoms with Crippen molar-refractivity contribution in [3.8, 4) is 10.6 Å². The monoisotopic (exact) mass is 323 g/mol. The van der Waals surface area contributed by atoms with Crippen LogP contribution in [0.25, 0.3) is 21.5 Å². The number of fused-ring (bicyclic) bond motifs is 1. The van der Waals surface area contributed by atoms with Crippen molar-refractivity contribution >= 4 is 33.8 Å². The fourth-order valence-corrected chi connectivity index (χ4v) is 3.81. The van der Waals surface area contributed by atoms with Gasteiger partial charge >= 0.3 is 0 Å². The smallest absolute Gasteiger partial charge is 0.227 e. The number of hydrogen-bond donors (Lipinski definition) is 0. The summed E-state index contributed by atoms with van der Waals surface area (Å²) in [7, 11) is 0. The molecule has 1 aliphatic heterocycles. The Bertz CT molecular complexity index is 889. The van der Waals surface area contributed by atoms with Crippen LogP contribution in [0.5, 0.6) is 0 Å². The largest absolute Gasteiger partial charge is 0.310 e. The lowest BCUT2D eigenvalue weighted by atomic mass is 10.1. The second kappa shape index (κ2) is 5.42. The Morgan fingerprint density at radius 1 is 1.30 bits per heavy atom. The lowest BCUT2D eigenvalue weighted by Crippen LogP contribution is -2.30. The molecule has 23 heavy (non-hydrogen) atoms. The zero-order valence-corrected chi connectivity index (χ0v) is 13.9. The number of pyridine rings is 1. The van der Waals surface area contributed by atoms with Crippen LogP contribution in [-0.4, -0.2) is 21.9 Å². The molecule has 3 heterocycles. The predicted molar refractivity (Wildman–Crippen MR) is 93.8 cm³/mol. The van der Waals surface area contributed by atoms with Gasteiger partial charge in [-0.3, -0.25) is 9.78 Å². The van der Waals surface area contributed by atoms with Crippen LogP contribution in [-0.2, 0) is 4.79 Å². The van der Waals surface area contributed by atoms with E-state index in [2.05, 4.69) is 31.0 Å². The Balaban J connectivity index is 1.82. The Kier molecular flexibility index (Phi) is 3.38. The highest BCUT2D eigenvalue weighted by atomic mass is 32.1. The first-order valence-electron chi connectivity index (χ1n) is 7.76. The van der Waals surface area contributed by atoms with Crippen LogP contribution in [0.3, 0.4) is 0 Å². The van der Waals surface area contributed by atoms with Gasteiger partial charge in [0.05, 0.1) is 21.6 Å². The molecule has 4 nitrogen and oxygen atoms in total. The van der Waals surface area contributed by atoms with Crippen LogP contribution in [0.15, 0.2) is 36.0 Å². The van der Waals surface area contributed by atoms with Gasteiger partial charge in [-0.1, -0.05) is 0 Å². The fraction of sp³-hybridized carbons (Fsp3) is 0.278. The standard InChI is InChI=1S/C18H17N3OS/c1-11-7-16(17-9-19-10-23-17)20-15-5-4-13(8-14(11)15)21-12(2)3-6-18(21)22/h4-5,7-10,12H,3,6H2,1-2H3. The third-order valence-electron chi connectivity index (χ3n) is 4.45. The first-order chi connectivity index (χ1) is 11.1. The van der Waals surface area contributed by atoms with Crippen LogP contribution in [0, 0.1) is 6.92 Å². The maximum Gasteiger partial charge on any atom is 0.227 e. The molecule has 1 fully saturated rings. The summed E-state index contributed by atoms with van der Waals surface area (Å²) in [5.41, 5.74) is 5.87. The van der Waals surface area contributed by atoms with E-state index in [0.29, 0.717) is 6.42 Å². The molecule has 1 aliphatic rings. The number of amides is 1. The summed E-state index contributed by atoms with van der Waals surface area (Å²) >= 11 is 1.59. The van der Waals surface area contributed by atoms with Gasteiger partial charge in [-0.2, -0.15) is 0 Å². The minimum atomic E-state index is 0.212. The molecule has 1 amide bonds. The first-order valence-corrected chi connectivity index (χ1v) is 8.64. The topological polar surface area (TPSA) is 46.1 Å². The highest BCUT2D eigenvalue weighted by molar-refractivity contribution is 7.13. The molecule has 0 spiro atoms. The molecule has 2 aromatic heterocycles. The molecule has 1 unspecified atom stereocenters. The van der Waals surface area contributed by atoms with E-state index in [4.69, 9.17) is 4.98 Å². The van der Waals surface area contributed by atoms with Crippen molar-refractivity contribution in [1.29, 1.82) is 0 Å². The molecule has 0 aliphatic carbocycles. The van der Waals surface area contributed by atoms with Gasteiger partial charge < -0.3 is 4.90 Å². The zero-order valence-electron chi connectivity index (χ0n) is 13.1. The number of benzene rings is 1. The Morgan fingerprint density at radius 2 is 2.17 bits per heavy atom. The average molecular weight is 323 g/mol. The molecule has 5 heteroatoms. The van der Waals surface area contributed by atoms with Gasteiger partial charge in [0, 0.05) is 29.7 Å². The minimum absolute atomic E-state index is 0.212. The quantitative estimate of drug-likeness (QED) is 0.710. The average Bonchev–Trinajstić information content (AvgIpc) is 3.18. The van der Waals surface area contributed by atoms with Crippen molar-refractivity contribution in [2.75, 3.05) is 4.90 Å². The molecule has 1 atom stereocenters. The van der Waals surface area contributed by atoms with Crippen LogP contribution >= 0.6 is 11.3 Å². The molecule has 116 valence electrons. The van der Waals surface area contributed by atoms with E-state index in [1.54, 1.807) is 11.3 Å². The number of thiazole rings is 1. The second-order valence-electron chi connectivity index (χ2n) is 6.04. The summed E-state index contributed by atoms with van der Waals surface area (Å²) in [6.45, 7) is 4.20. The van der Waals surface area contributed by atoms with Crippen molar-refractivity contribution in [2.45, 2.75) is 32.7 Å². The minimum Gasteiger partial charge on any atom is -0.310 e. The predicted octanol–water partition coefficient (Wildman–Crippen LogP) is 4.18. The van der Waals surface area contributed by atoms with E-state index in [-0.39, 0.29) is 11.9 Å². The molecule has 0 radical (unpaired) electrons. The van der Waals surface area contributed by atoms with Gasteiger partial charge in [-0.05, 0) is 50.1 Å². The number of anilines is 1. The molecular formula is C18H17N3OS. The van der Waals surface area contributed by atoms with Gasteiger partial charge in [-0.25, -0.2) is 4.98 Å². The van der Waals surface area contributed by atoms with E-state index < -0.39 is 0 Å². The van der Waals surface area contributed by atoms with E-state index in [0.717, 1.165) is 33.6 Å². The Morgan fingerprint density at radius 3 is 2.87 bits per heavy atom. The number of nitrogens with zero attached hydrogens (tertiary/aromatic N) is 3. The highest BCUT2D eigenvalue weighted by Crippen LogP contribution is 2.32. The van der Waals surface area contributed by atoms with Gasteiger partial charge in [0.15, 0.2) is 0 Å². The Hall–Kier alpha value is -2.27. The van der Waals surface area contributed by atoms with Crippen molar-refractivity contribution in [3.63, 3.8) is 0 Å². The molecule has 4 rings (SSSR count). The zero-order chi connectivity index (χ0) is 16.0.